The van der Waals surface area contributed by atoms with E-state index in [-0.39, 0.29) is 0 Å². The summed E-state index contributed by atoms with van der Waals surface area (Å²) in [4.78, 5) is 3.09. The van der Waals surface area contributed by atoms with Gasteiger partial charge in [0.15, 0.2) is 4.98 Å². The Morgan fingerprint density at radius 1 is 1.06 bits per heavy atom. The number of hydrogen-bond donors (Lipinski definition) is 0. The number of hydrogen-bond acceptors (Lipinski definition) is 2. The summed E-state index contributed by atoms with van der Waals surface area (Å²) in [6, 6.07) is 7.10. The van der Waals surface area contributed by atoms with E-state index in [9.17, 15) is 0 Å². The molecule has 0 heterocycles. The van der Waals surface area contributed by atoms with Crippen LogP contribution in [0.1, 0.15) is 39.0 Å². The first-order valence-electron chi connectivity index (χ1n) is 5.94. The van der Waals surface area contributed by atoms with Gasteiger partial charge in [-0.2, -0.15) is 0 Å². The molecule has 0 aromatic heterocycles. The number of nitrogens with zero attached hydrogens (tertiary/aromatic N) is 2. The number of rotatable bonds is 7. The SMILES string of the molecule is CCCCCCCOc1ccc([N+]#N)cc1. The zero-order valence-corrected chi connectivity index (χ0v) is 9.85. The van der Waals surface area contributed by atoms with Gasteiger partial charge in [-0.25, -0.2) is 0 Å². The van der Waals surface area contributed by atoms with Crippen molar-refractivity contribution in [2.75, 3.05) is 6.61 Å². The molecule has 3 heteroatoms. The van der Waals surface area contributed by atoms with Gasteiger partial charge in [-0.3, -0.25) is 0 Å². The molecule has 0 N–H and O–H groups in total. The molecule has 0 atom stereocenters. The molecule has 0 saturated carbocycles. The molecule has 86 valence electrons. The Hall–Kier alpha value is -1.56. The standard InChI is InChI=1S/C13H19N2O/c1-2-3-4-5-6-11-16-13-9-7-12(15-14)8-10-13/h7-10H,2-6,11H2,1H3/q+1. The molecule has 0 saturated heterocycles. The van der Waals surface area contributed by atoms with Crippen molar-refractivity contribution in [1.29, 1.82) is 5.39 Å². The average molecular weight is 219 g/mol. The normalized spacial score (nSPS) is 9.75. The molecule has 0 radical (unpaired) electrons. The molecule has 0 unspecified atom stereocenters. The summed E-state index contributed by atoms with van der Waals surface area (Å²) >= 11 is 0. The van der Waals surface area contributed by atoms with Gasteiger partial charge >= 0.3 is 5.69 Å². The predicted octanol–water partition coefficient (Wildman–Crippen LogP) is 4.52. The third-order valence-corrected chi connectivity index (χ3v) is 2.47. The maximum atomic E-state index is 8.51. The van der Waals surface area contributed by atoms with Crippen LogP contribution in [0.25, 0.3) is 4.98 Å². The van der Waals surface area contributed by atoms with Gasteiger partial charge in [0.05, 0.1) is 6.61 Å². The molecule has 0 aliphatic rings. The Morgan fingerprint density at radius 3 is 2.38 bits per heavy atom. The summed E-state index contributed by atoms with van der Waals surface area (Å²) < 4.78 is 5.56. The zero-order valence-electron chi connectivity index (χ0n) is 9.85. The molecule has 0 aliphatic heterocycles. The second kappa shape index (κ2) is 7.70. The van der Waals surface area contributed by atoms with Crippen molar-refractivity contribution in [2.24, 2.45) is 0 Å². The lowest BCUT2D eigenvalue weighted by Gasteiger charge is -2.04. The Bertz CT molecular complexity index is 327. The van der Waals surface area contributed by atoms with E-state index in [0.717, 1.165) is 18.8 Å². The van der Waals surface area contributed by atoms with Crippen molar-refractivity contribution in [3.05, 3.63) is 29.2 Å². The minimum absolute atomic E-state index is 0.551. The first kappa shape index (κ1) is 12.5. The maximum Gasteiger partial charge on any atom is 0.385 e. The molecule has 3 nitrogen and oxygen atoms in total. The number of diazo groups is 1. The minimum Gasteiger partial charge on any atom is -0.494 e. The summed E-state index contributed by atoms with van der Waals surface area (Å²) in [5.74, 6) is 0.836. The van der Waals surface area contributed by atoms with Gasteiger partial charge in [0.1, 0.15) is 5.75 Å². The maximum absolute atomic E-state index is 8.51. The van der Waals surface area contributed by atoms with Crippen molar-refractivity contribution in [1.82, 2.24) is 0 Å². The van der Waals surface area contributed by atoms with Gasteiger partial charge < -0.3 is 4.74 Å². The Morgan fingerprint density at radius 2 is 1.75 bits per heavy atom. The molecule has 0 aliphatic carbocycles. The van der Waals surface area contributed by atoms with Crippen molar-refractivity contribution >= 4 is 5.69 Å². The molecule has 0 fully saturated rings. The molecule has 1 rings (SSSR count). The van der Waals surface area contributed by atoms with Crippen LogP contribution in [0.4, 0.5) is 5.69 Å². The van der Waals surface area contributed by atoms with E-state index >= 15 is 0 Å². The molecule has 0 spiro atoms. The van der Waals surface area contributed by atoms with Crippen molar-refractivity contribution in [2.45, 2.75) is 39.0 Å². The molecular weight excluding hydrogens is 200 g/mol. The third-order valence-electron chi connectivity index (χ3n) is 2.47. The van der Waals surface area contributed by atoms with E-state index in [0.29, 0.717) is 5.69 Å². The van der Waals surface area contributed by atoms with E-state index in [1.807, 2.05) is 12.1 Å². The lowest BCUT2D eigenvalue weighted by atomic mass is 10.2. The highest BCUT2D eigenvalue weighted by Crippen LogP contribution is 2.18. The van der Waals surface area contributed by atoms with Crippen LogP contribution in [0.3, 0.4) is 0 Å². The minimum atomic E-state index is 0.551. The fraction of sp³-hybridized carbons (Fsp3) is 0.538. The second-order valence-corrected chi connectivity index (χ2v) is 3.86. The van der Waals surface area contributed by atoms with Crippen LogP contribution < -0.4 is 4.74 Å². The summed E-state index contributed by atoms with van der Waals surface area (Å²) in [7, 11) is 0. The lowest BCUT2D eigenvalue weighted by molar-refractivity contribution is 0.304. The number of unbranched alkanes of at least 4 members (excludes halogenated alkanes) is 4. The van der Waals surface area contributed by atoms with E-state index in [1.165, 1.54) is 25.7 Å². The smallest absolute Gasteiger partial charge is 0.385 e. The van der Waals surface area contributed by atoms with Crippen LogP contribution in [0.15, 0.2) is 24.3 Å². The molecule has 0 amide bonds. The summed E-state index contributed by atoms with van der Waals surface area (Å²) in [6.07, 6.45) is 6.21. The largest absolute Gasteiger partial charge is 0.494 e. The van der Waals surface area contributed by atoms with Crippen LogP contribution >= 0.6 is 0 Å². The quantitative estimate of drug-likeness (QED) is 0.499. The highest BCUT2D eigenvalue weighted by atomic mass is 16.5. The fourth-order valence-corrected chi connectivity index (χ4v) is 1.50. The monoisotopic (exact) mass is 219 g/mol. The van der Waals surface area contributed by atoms with Crippen LogP contribution in [0.2, 0.25) is 0 Å². The fourth-order valence-electron chi connectivity index (χ4n) is 1.50. The van der Waals surface area contributed by atoms with Crippen LogP contribution in [0, 0.1) is 5.39 Å². The molecule has 1 aromatic rings. The first-order valence-corrected chi connectivity index (χ1v) is 5.94. The summed E-state index contributed by atoms with van der Waals surface area (Å²) in [5, 5.41) is 8.51. The third kappa shape index (κ3) is 4.79. The van der Waals surface area contributed by atoms with E-state index in [1.54, 1.807) is 12.1 Å². The van der Waals surface area contributed by atoms with Gasteiger partial charge in [0.25, 0.3) is 0 Å². The van der Waals surface area contributed by atoms with Gasteiger partial charge in [0, 0.05) is 12.1 Å². The van der Waals surface area contributed by atoms with E-state index < -0.39 is 0 Å². The highest BCUT2D eigenvalue weighted by Gasteiger charge is 2.02. The summed E-state index contributed by atoms with van der Waals surface area (Å²) in [6.45, 7) is 2.98. The average Bonchev–Trinajstić information content (AvgIpc) is 2.34. The first-order chi connectivity index (χ1) is 7.86. The van der Waals surface area contributed by atoms with Gasteiger partial charge in [0.2, 0.25) is 5.39 Å². The molecule has 16 heavy (non-hydrogen) atoms. The Labute approximate surface area is 97.1 Å². The highest BCUT2D eigenvalue weighted by molar-refractivity contribution is 5.46. The van der Waals surface area contributed by atoms with Crippen molar-refractivity contribution in [3.8, 4) is 5.75 Å². The number of benzene rings is 1. The lowest BCUT2D eigenvalue weighted by Crippen LogP contribution is -1.96. The number of ether oxygens (including phenoxy) is 1. The van der Waals surface area contributed by atoms with Crippen LogP contribution in [-0.2, 0) is 0 Å². The Balaban J connectivity index is 2.15. The predicted molar refractivity (Wildman–Crippen MR) is 65.4 cm³/mol. The van der Waals surface area contributed by atoms with Gasteiger partial charge in [-0.1, -0.05) is 32.6 Å². The summed E-state index contributed by atoms with van der Waals surface area (Å²) in [5.41, 5.74) is 0.551. The topological polar surface area (TPSA) is 37.4 Å². The van der Waals surface area contributed by atoms with Gasteiger partial charge in [-0.15, -0.1) is 0 Å². The van der Waals surface area contributed by atoms with Crippen LogP contribution in [-0.4, -0.2) is 6.61 Å². The van der Waals surface area contributed by atoms with E-state index in [2.05, 4.69) is 11.9 Å². The second-order valence-electron chi connectivity index (χ2n) is 3.86. The van der Waals surface area contributed by atoms with E-state index in [4.69, 9.17) is 10.1 Å². The molecule has 1 aromatic carbocycles. The van der Waals surface area contributed by atoms with Crippen molar-refractivity contribution < 1.29 is 4.74 Å². The zero-order chi connectivity index (χ0) is 11.6. The van der Waals surface area contributed by atoms with Gasteiger partial charge in [-0.05, 0) is 18.6 Å². The molecular formula is C13H19N2O+. The Kier molecular flexibility index (Phi) is 6.02. The van der Waals surface area contributed by atoms with Crippen molar-refractivity contribution in [3.63, 3.8) is 0 Å². The van der Waals surface area contributed by atoms with Crippen LogP contribution in [0.5, 0.6) is 5.75 Å². The molecule has 0 bridgehead atoms.